The molecule has 3 heterocycles. The standard InChI is InChI=1S/C43H25N3O/c44-26-28-25-39(45-35-21-8-4-15-30(35)31-16-5-9-22-36(31)45)41(46-37-23-10-6-17-32(37)33-18-7-11-24-38(33)46)40-34-20-12-19-29(43(34)47-42(28)40)27-13-2-1-3-14-27/h1-25H. The number of hydrogen-bond acceptors (Lipinski definition) is 2. The monoisotopic (exact) mass is 599 g/mol. The fourth-order valence-electron chi connectivity index (χ4n) is 7.61. The van der Waals surface area contributed by atoms with Crippen LogP contribution in [0.25, 0.3) is 88.1 Å². The lowest BCUT2D eigenvalue weighted by Crippen LogP contribution is -2.05. The van der Waals surface area contributed by atoms with E-state index in [1.165, 1.54) is 21.5 Å². The molecule has 218 valence electrons. The average Bonchev–Trinajstić information content (AvgIpc) is 3.80. The van der Waals surface area contributed by atoms with Crippen molar-refractivity contribution in [2.75, 3.05) is 0 Å². The van der Waals surface area contributed by atoms with E-state index in [0.29, 0.717) is 11.1 Å². The summed E-state index contributed by atoms with van der Waals surface area (Å²) in [5.74, 6) is 0. The number of nitriles is 1. The molecule has 47 heavy (non-hydrogen) atoms. The lowest BCUT2D eigenvalue weighted by atomic mass is 10.00. The quantitative estimate of drug-likeness (QED) is 0.203. The highest BCUT2D eigenvalue weighted by atomic mass is 16.3. The molecule has 10 rings (SSSR count). The van der Waals surface area contributed by atoms with Gasteiger partial charge in [0.05, 0.1) is 44.4 Å². The Kier molecular flexibility index (Phi) is 5.32. The summed E-state index contributed by atoms with van der Waals surface area (Å²) >= 11 is 0. The van der Waals surface area contributed by atoms with Crippen LogP contribution in [-0.2, 0) is 0 Å². The number of hydrogen-bond donors (Lipinski definition) is 0. The minimum absolute atomic E-state index is 0.497. The first kappa shape index (κ1) is 25.7. The highest BCUT2D eigenvalue weighted by molar-refractivity contribution is 6.19. The van der Waals surface area contributed by atoms with Crippen molar-refractivity contribution in [1.82, 2.24) is 9.13 Å². The summed E-state index contributed by atoms with van der Waals surface area (Å²) in [5, 5.41) is 17.3. The Morgan fingerprint density at radius 3 is 1.51 bits per heavy atom. The molecule has 0 radical (unpaired) electrons. The van der Waals surface area contributed by atoms with E-state index in [-0.39, 0.29) is 0 Å². The Bertz CT molecular complexity index is 2810. The minimum Gasteiger partial charge on any atom is -0.454 e. The van der Waals surface area contributed by atoms with Gasteiger partial charge in [-0.2, -0.15) is 5.26 Å². The predicted octanol–water partition coefficient (Wildman–Crippen LogP) is 11.3. The van der Waals surface area contributed by atoms with Crippen LogP contribution >= 0.6 is 0 Å². The summed E-state index contributed by atoms with van der Waals surface area (Å²) in [7, 11) is 0. The van der Waals surface area contributed by atoms with Gasteiger partial charge in [0.1, 0.15) is 11.7 Å². The van der Waals surface area contributed by atoms with Gasteiger partial charge in [0.15, 0.2) is 5.58 Å². The van der Waals surface area contributed by atoms with E-state index < -0.39 is 0 Å². The molecule has 0 aliphatic heterocycles. The van der Waals surface area contributed by atoms with Gasteiger partial charge < -0.3 is 13.6 Å². The minimum atomic E-state index is 0.497. The zero-order chi connectivity index (χ0) is 31.1. The van der Waals surface area contributed by atoms with Crippen molar-refractivity contribution < 1.29 is 4.42 Å². The number of para-hydroxylation sites is 5. The second-order valence-corrected chi connectivity index (χ2v) is 12.0. The molecule has 0 spiro atoms. The SMILES string of the molecule is N#Cc1cc(-n2c3ccccc3c3ccccc32)c(-n2c3ccccc3c3ccccc32)c2c1oc1c(-c3ccccc3)cccc12. The zero-order valence-corrected chi connectivity index (χ0v) is 25.2. The number of nitrogens with zero attached hydrogens (tertiary/aromatic N) is 3. The molecule has 0 saturated heterocycles. The van der Waals surface area contributed by atoms with Gasteiger partial charge in [-0.15, -0.1) is 0 Å². The second kappa shape index (κ2) is 9.71. The molecular formula is C43H25N3O. The Morgan fingerprint density at radius 1 is 0.468 bits per heavy atom. The van der Waals surface area contributed by atoms with E-state index in [1.54, 1.807) is 0 Å². The number of benzene rings is 7. The third-order valence-corrected chi connectivity index (χ3v) is 9.55. The summed E-state index contributed by atoms with van der Waals surface area (Å²) in [6.07, 6.45) is 0. The molecule has 7 aromatic carbocycles. The highest BCUT2D eigenvalue weighted by Gasteiger charge is 2.27. The molecule has 4 heteroatoms. The first-order valence-corrected chi connectivity index (χ1v) is 15.8. The molecule has 0 bridgehead atoms. The van der Waals surface area contributed by atoms with E-state index in [9.17, 15) is 5.26 Å². The fraction of sp³-hybridized carbons (Fsp3) is 0. The van der Waals surface area contributed by atoms with Crippen molar-refractivity contribution in [3.05, 3.63) is 157 Å². The average molecular weight is 600 g/mol. The topological polar surface area (TPSA) is 46.8 Å². The first-order chi connectivity index (χ1) is 23.3. The van der Waals surface area contributed by atoms with Crippen molar-refractivity contribution in [2.24, 2.45) is 0 Å². The van der Waals surface area contributed by atoms with Crippen LogP contribution in [0.1, 0.15) is 5.56 Å². The predicted molar refractivity (Wildman–Crippen MR) is 193 cm³/mol. The summed E-state index contributed by atoms with van der Waals surface area (Å²) in [5.41, 5.74) is 10.2. The molecule has 0 fully saturated rings. The van der Waals surface area contributed by atoms with Crippen LogP contribution in [0.3, 0.4) is 0 Å². The van der Waals surface area contributed by atoms with Crippen LogP contribution < -0.4 is 0 Å². The maximum absolute atomic E-state index is 10.7. The van der Waals surface area contributed by atoms with Crippen LogP contribution in [0.5, 0.6) is 0 Å². The van der Waals surface area contributed by atoms with Gasteiger partial charge in [-0.1, -0.05) is 121 Å². The van der Waals surface area contributed by atoms with Crippen molar-refractivity contribution in [3.8, 4) is 28.6 Å². The van der Waals surface area contributed by atoms with Crippen molar-refractivity contribution in [2.45, 2.75) is 0 Å². The van der Waals surface area contributed by atoms with E-state index >= 15 is 0 Å². The van der Waals surface area contributed by atoms with Crippen molar-refractivity contribution in [3.63, 3.8) is 0 Å². The summed E-state index contributed by atoms with van der Waals surface area (Å²) < 4.78 is 11.5. The third kappa shape index (κ3) is 3.51. The molecule has 0 aliphatic rings. The van der Waals surface area contributed by atoms with Gasteiger partial charge in [0.2, 0.25) is 0 Å². The number of aromatic nitrogens is 2. The van der Waals surface area contributed by atoms with E-state index in [1.807, 2.05) is 24.3 Å². The van der Waals surface area contributed by atoms with Gasteiger partial charge in [0.25, 0.3) is 0 Å². The maximum atomic E-state index is 10.7. The largest absolute Gasteiger partial charge is 0.454 e. The highest BCUT2D eigenvalue weighted by Crippen LogP contribution is 2.46. The summed E-state index contributed by atoms with van der Waals surface area (Å²) in [6, 6.07) is 55.4. The summed E-state index contributed by atoms with van der Waals surface area (Å²) in [4.78, 5) is 0. The second-order valence-electron chi connectivity index (χ2n) is 12.0. The molecule has 3 aromatic heterocycles. The van der Waals surface area contributed by atoms with Crippen molar-refractivity contribution >= 4 is 65.6 Å². The molecule has 0 N–H and O–H groups in total. The number of fused-ring (bicyclic) bond motifs is 9. The summed E-state index contributed by atoms with van der Waals surface area (Å²) in [6.45, 7) is 0. The normalized spacial score (nSPS) is 11.8. The number of furan rings is 1. The van der Waals surface area contributed by atoms with Gasteiger partial charge in [-0.25, -0.2) is 0 Å². The van der Waals surface area contributed by atoms with E-state index in [4.69, 9.17) is 4.42 Å². The smallest absolute Gasteiger partial charge is 0.155 e. The molecule has 0 unspecified atom stereocenters. The molecule has 0 atom stereocenters. The van der Waals surface area contributed by atoms with Crippen LogP contribution in [0, 0.1) is 11.3 Å². The number of rotatable bonds is 3. The van der Waals surface area contributed by atoms with E-state index in [0.717, 1.165) is 60.9 Å². The zero-order valence-electron chi connectivity index (χ0n) is 25.2. The van der Waals surface area contributed by atoms with Crippen molar-refractivity contribution in [1.29, 1.82) is 5.26 Å². The first-order valence-electron chi connectivity index (χ1n) is 15.8. The van der Waals surface area contributed by atoms with E-state index in [2.05, 4.69) is 143 Å². The Morgan fingerprint density at radius 2 is 0.957 bits per heavy atom. The Balaban J connectivity index is 1.49. The van der Waals surface area contributed by atoms with Gasteiger partial charge >= 0.3 is 0 Å². The van der Waals surface area contributed by atoms with Crippen LogP contribution in [0.4, 0.5) is 0 Å². The molecular weight excluding hydrogens is 574 g/mol. The molecule has 0 saturated carbocycles. The Hall–Kier alpha value is -6.57. The van der Waals surface area contributed by atoms with Crippen LogP contribution in [-0.4, -0.2) is 9.13 Å². The Labute approximate surface area is 269 Å². The molecule has 4 nitrogen and oxygen atoms in total. The van der Waals surface area contributed by atoms with Crippen LogP contribution in [0.2, 0.25) is 0 Å². The lowest BCUT2D eigenvalue weighted by Gasteiger charge is -2.18. The third-order valence-electron chi connectivity index (χ3n) is 9.55. The molecule has 0 amide bonds. The van der Waals surface area contributed by atoms with Gasteiger partial charge in [0, 0.05) is 32.5 Å². The van der Waals surface area contributed by atoms with Gasteiger partial charge in [-0.05, 0) is 35.9 Å². The fourth-order valence-corrected chi connectivity index (χ4v) is 7.61. The molecule has 10 aromatic rings. The van der Waals surface area contributed by atoms with Crippen LogP contribution in [0.15, 0.2) is 156 Å². The lowest BCUT2D eigenvalue weighted by molar-refractivity contribution is 0.668. The maximum Gasteiger partial charge on any atom is 0.155 e. The van der Waals surface area contributed by atoms with Gasteiger partial charge in [-0.3, -0.25) is 0 Å². The molecule has 0 aliphatic carbocycles.